The summed E-state index contributed by atoms with van der Waals surface area (Å²) >= 11 is 2.95. The number of amides is 1. The Labute approximate surface area is 127 Å². The fourth-order valence-electron chi connectivity index (χ4n) is 1.67. The highest BCUT2D eigenvalue weighted by atomic mass is 32.2. The van der Waals surface area contributed by atoms with Crippen molar-refractivity contribution in [3.05, 3.63) is 16.1 Å². The monoisotopic (exact) mass is 316 g/mol. The van der Waals surface area contributed by atoms with Gasteiger partial charge in [0.25, 0.3) is 0 Å². The van der Waals surface area contributed by atoms with Crippen LogP contribution >= 0.6 is 23.1 Å². The van der Waals surface area contributed by atoms with Crippen LogP contribution in [-0.4, -0.2) is 39.5 Å². The molecule has 1 aromatic rings. The second-order valence-electron chi connectivity index (χ2n) is 4.59. The summed E-state index contributed by atoms with van der Waals surface area (Å²) in [6.45, 7) is 6.59. The van der Waals surface area contributed by atoms with Crippen molar-refractivity contribution >= 4 is 35.0 Å². The molecule has 1 atom stereocenters. The highest BCUT2D eigenvalue weighted by Gasteiger charge is 2.21. The quantitative estimate of drug-likeness (QED) is 0.769. The SMILES string of the molecule is CCSC(C(=O)NCCc1nc(C(=O)O)cs1)C(C)C. The van der Waals surface area contributed by atoms with Gasteiger partial charge < -0.3 is 10.4 Å². The summed E-state index contributed by atoms with van der Waals surface area (Å²) < 4.78 is 0. The van der Waals surface area contributed by atoms with Crippen LogP contribution in [0, 0.1) is 5.92 Å². The molecule has 112 valence electrons. The van der Waals surface area contributed by atoms with E-state index in [1.807, 2.05) is 20.8 Å². The Bertz CT molecular complexity index is 460. The van der Waals surface area contributed by atoms with Gasteiger partial charge in [0.05, 0.1) is 10.3 Å². The first-order chi connectivity index (χ1) is 9.45. The van der Waals surface area contributed by atoms with E-state index >= 15 is 0 Å². The molecule has 0 aromatic carbocycles. The zero-order chi connectivity index (χ0) is 15.1. The van der Waals surface area contributed by atoms with Crippen molar-refractivity contribution in [3.63, 3.8) is 0 Å². The number of hydrogen-bond acceptors (Lipinski definition) is 5. The van der Waals surface area contributed by atoms with Gasteiger partial charge in [-0.3, -0.25) is 4.79 Å². The van der Waals surface area contributed by atoms with E-state index in [0.29, 0.717) is 18.9 Å². The Kier molecular flexibility index (Phi) is 7.01. The van der Waals surface area contributed by atoms with Crippen molar-refractivity contribution in [1.82, 2.24) is 10.3 Å². The lowest BCUT2D eigenvalue weighted by Gasteiger charge is -2.18. The third kappa shape index (κ3) is 5.13. The van der Waals surface area contributed by atoms with E-state index in [4.69, 9.17) is 5.11 Å². The van der Waals surface area contributed by atoms with Gasteiger partial charge >= 0.3 is 5.97 Å². The molecule has 0 aliphatic carbocycles. The predicted octanol–water partition coefficient (Wildman–Crippen LogP) is 2.28. The number of nitrogens with one attached hydrogen (secondary N) is 1. The fraction of sp³-hybridized carbons (Fsp3) is 0.615. The van der Waals surface area contributed by atoms with E-state index < -0.39 is 5.97 Å². The number of carbonyl (C=O) groups is 2. The number of thiazole rings is 1. The second-order valence-corrected chi connectivity index (χ2v) is 6.95. The van der Waals surface area contributed by atoms with Gasteiger partial charge in [0, 0.05) is 18.3 Å². The van der Waals surface area contributed by atoms with Crippen molar-refractivity contribution in [1.29, 1.82) is 0 Å². The van der Waals surface area contributed by atoms with Crippen molar-refractivity contribution in [2.75, 3.05) is 12.3 Å². The first-order valence-electron chi connectivity index (χ1n) is 6.52. The number of hydrogen-bond donors (Lipinski definition) is 2. The maximum atomic E-state index is 12.0. The highest BCUT2D eigenvalue weighted by Crippen LogP contribution is 2.19. The average molecular weight is 316 g/mol. The first kappa shape index (κ1) is 17.0. The smallest absolute Gasteiger partial charge is 0.355 e. The number of thioether (sulfide) groups is 1. The van der Waals surface area contributed by atoms with Gasteiger partial charge in [0.15, 0.2) is 5.69 Å². The number of aromatic carboxylic acids is 1. The van der Waals surface area contributed by atoms with E-state index in [0.717, 1.165) is 10.8 Å². The fourth-order valence-corrected chi connectivity index (χ4v) is 3.42. The number of carboxylic acids is 1. The van der Waals surface area contributed by atoms with Crippen LogP contribution < -0.4 is 5.32 Å². The molecule has 0 aliphatic rings. The van der Waals surface area contributed by atoms with Crippen LogP contribution in [0.4, 0.5) is 0 Å². The molecule has 1 rings (SSSR count). The van der Waals surface area contributed by atoms with Crippen LogP contribution in [0.1, 0.15) is 36.3 Å². The molecule has 7 heteroatoms. The van der Waals surface area contributed by atoms with Gasteiger partial charge in [-0.1, -0.05) is 20.8 Å². The van der Waals surface area contributed by atoms with E-state index in [1.165, 1.54) is 16.7 Å². The maximum Gasteiger partial charge on any atom is 0.355 e. The minimum atomic E-state index is -1.02. The van der Waals surface area contributed by atoms with Crippen molar-refractivity contribution < 1.29 is 14.7 Å². The molecule has 0 aliphatic heterocycles. The van der Waals surface area contributed by atoms with Crippen LogP contribution in [0.3, 0.4) is 0 Å². The van der Waals surface area contributed by atoms with E-state index in [-0.39, 0.29) is 16.9 Å². The van der Waals surface area contributed by atoms with Gasteiger partial charge in [-0.2, -0.15) is 0 Å². The summed E-state index contributed by atoms with van der Waals surface area (Å²) in [6, 6.07) is 0. The summed E-state index contributed by atoms with van der Waals surface area (Å²) in [4.78, 5) is 26.7. The molecule has 0 radical (unpaired) electrons. The van der Waals surface area contributed by atoms with Gasteiger partial charge in [-0.25, -0.2) is 9.78 Å². The van der Waals surface area contributed by atoms with Crippen molar-refractivity contribution in [2.45, 2.75) is 32.4 Å². The average Bonchev–Trinajstić information content (AvgIpc) is 2.84. The zero-order valence-electron chi connectivity index (χ0n) is 11.9. The third-order valence-electron chi connectivity index (χ3n) is 2.62. The van der Waals surface area contributed by atoms with Gasteiger partial charge in [-0.15, -0.1) is 23.1 Å². The van der Waals surface area contributed by atoms with Crippen LogP contribution in [0.2, 0.25) is 0 Å². The zero-order valence-corrected chi connectivity index (χ0v) is 13.5. The van der Waals surface area contributed by atoms with Crippen LogP contribution in [0.5, 0.6) is 0 Å². The Morgan fingerprint density at radius 1 is 1.50 bits per heavy atom. The largest absolute Gasteiger partial charge is 0.476 e. The number of carboxylic acid groups (broad SMARTS) is 1. The highest BCUT2D eigenvalue weighted by molar-refractivity contribution is 8.00. The molecule has 0 fully saturated rings. The Morgan fingerprint density at radius 3 is 2.70 bits per heavy atom. The molecule has 1 aromatic heterocycles. The minimum absolute atomic E-state index is 0.0362. The summed E-state index contributed by atoms with van der Waals surface area (Å²) in [7, 11) is 0. The molecule has 1 heterocycles. The molecular formula is C13H20N2O3S2. The molecule has 5 nitrogen and oxygen atoms in total. The van der Waals surface area contributed by atoms with Gasteiger partial charge in [0.2, 0.25) is 5.91 Å². The molecule has 2 N–H and O–H groups in total. The summed E-state index contributed by atoms with van der Waals surface area (Å²) in [6.07, 6.45) is 0.561. The molecule has 20 heavy (non-hydrogen) atoms. The predicted molar refractivity (Wildman–Crippen MR) is 82.5 cm³/mol. The van der Waals surface area contributed by atoms with E-state index in [1.54, 1.807) is 11.8 Å². The lowest BCUT2D eigenvalue weighted by Crippen LogP contribution is -2.37. The Morgan fingerprint density at radius 2 is 2.20 bits per heavy atom. The lowest BCUT2D eigenvalue weighted by molar-refractivity contribution is -0.121. The molecule has 0 saturated carbocycles. The molecule has 1 unspecified atom stereocenters. The standard InChI is InChI=1S/C13H20N2O3S2/c1-4-19-11(8(2)3)12(16)14-6-5-10-15-9(7-20-10)13(17)18/h7-8,11H,4-6H2,1-3H3,(H,14,16)(H,17,18). The number of rotatable bonds is 8. The Hall–Kier alpha value is -1.08. The topological polar surface area (TPSA) is 79.3 Å². The third-order valence-corrected chi connectivity index (χ3v) is 4.98. The number of carbonyl (C=O) groups excluding carboxylic acids is 1. The Balaban J connectivity index is 2.42. The summed E-state index contributed by atoms with van der Waals surface area (Å²) in [5.41, 5.74) is 0.0675. The van der Waals surface area contributed by atoms with Crippen LogP contribution in [-0.2, 0) is 11.2 Å². The van der Waals surface area contributed by atoms with E-state index in [9.17, 15) is 9.59 Å². The lowest BCUT2D eigenvalue weighted by atomic mass is 10.1. The number of aromatic nitrogens is 1. The molecular weight excluding hydrogens is 296 g/mol. The van der Waals surface area contributed by atoms with Gasteiger partial charge in [-0.05, 0) is 11.7 Å². The maximum absolute atomic E-state index is 12.0. The second kappa shape index (κ2) is 8.26. The van der Waals surface area contributed by atoms with Gasteiger partial charge in [0.1, 0.15) is 0 Å². The molecule has 0 saturated heterocycles. The van der Waals surface area contributed by atoms with Crippen LogP contribution in [0.25, 0.3) is 0 Å². The van der Waals surface area contributed by atoms with E-state index in [2.05, 4.69) is 10.3 Å². The summed E-state index contributed by atoms with van der Waals surface area (Å²) in [5.74, 6) is 0.223. The van der Waals surface area contributed by atoms with Crippen molar-refractivity contribution in [2.24, 2.45) is 5.92 Å². The van der Waals surface area contributed by atoms with Crippen LogP contribution in [0.15, 0.2) is 5.38 Å². The molecule has 0 bridgehead atoms. The minimum Gasteiger partial charge on any atom is -0.476 e. The molecule has 1 amide bonds. The number of nitrogens with zero attached hydrogens (tertiary/aromatic N) is 1. The summed E-state index contributed by atoms with van der Waals surface area (Å²) in [5, 5.41) is 13.9. The van der Waals surface area contributed by atoms with Crippen molar-refractivity contribution in [3.8, 4) is 0 Å². The molecule has 0 spiro atoms. The normalized spacial score (nSPS) is 12.4. The first-order valence-corrected chi connectivity index (χ1v) is 8.45.